The average Bonchev–Trinajstić information content (AvgIpc) is 1.86. The molecule has 0 heterocycles. The van der Waals surface area contributed by atoms with Crippen molar-refractivity contribution in [2.24, 2.45) is 0 Å². The second-order valence-corrected chi connectivity index (χ2v) is 2.36. The Labute approximate surface area is 63.4 Å². The number of halogens is 3. The highest BCUT2D eigenvalue weighted by molar-refractivity contribution is 6.32. The van der Waals surface area contributed by atoms with E-state index < -0.39 is 11.7 Å². The van der Waals surface area contributed by atoms with Crippen LogP contribution in [0.1, 0.15) is 5.56 Å². The zero-order valence-corrected chi connectivity index (χ0v) is 5.94. The van der Waals surface area contributed by atoms with Crippen LogP contribution in [0.3, 0.4) is 0 Å². The first-order chi connectivity index (χ1) is 5.00. The van der Waals surface area contributed by atoms with E-state index in [1.807, 2.05) is 0 Å². The molecule has 0 spiro atoms. The summed E-state index contributed by atoms with van der Waals surface area (Å²) in [5, 5.41) is 0. The van der Waals surface area contributed by atoms with E-state index in [0.717, 1.165) is 17.6 Å². The van der Waals surface area contributed by atoms with Gasteiger partial charge in [-0.2, -0.15) is 13.2 Å². The van der Waals surface area contributed by atoms with Crippen molar-refractivity contribution in [3.05, 3.63) is 29.8 Å². The largest absolute Gasteiger partial charge is 0.416 e. The lowest BCUT2D eigenvalue weighted by atomic mass is 9.95. The monoisotopic (exact) mass is 158 g/mol. The van der Waals surface area contributed by atoms with Crippen LogP contribution in [0.4, 0.5) is 13.2 Å². The summed E-state index contributed by atoms with van der Waals surface area (Å²) in [6.07, 6.45) is -4.21. The molecule has 0 atom stereocenters. The SMILES string of the molecule is Bc1ccc(C(F)(F)F)cc1. The molecule has 0 aliphatic carbocycles. The van der Waals surface area contributed by atoms with Gasteiger partial charge < -0.3 is 0 Å². The molecule has 1 aromatic carbocycles. The number of alkyl halides is 3. The van der Waals surface area contributed by atoms with E-state index in [0.29, 0.717) is 0 Å². The minimum atomic E-state index is -4.21. The second kappa shape index (κ2) is 2.60. The van der Waals surface area contributed by atoms with Crippen LogP contribution in [0.15, 0.2) is 24.3 Å². The van der Waals surface area contributed by atoms with Crippen molar-refractivity contribution in [3.8, 4) is 0 Å². The lowest BCUT2D eigenvalue weighted by Gasteiger charge is -2.05. The molecule has 1 aromatic rings. The molecular formula is C7H6BF3. The van der Waals surface area contributed by atoms with E-state index >= 15 is 0 Å². The quantitative estimate of drug-likeness (QED) is 0.493. The Bertz CT molecular complexity index is 237. The van der Waals surface area contributed by atoms with Crippen LogP contribution in [0.5, 0.6) is 0 Å². The molecular weight excluding hydrogens is 152 g/mol. The van der Waals surface area contributed by atoms with Crippen molar-refractivity contribution < 1.29 is 13.2 Å². The molecule has 0 N–H and O–H groups in total. The normalized spacial score (nSPS) is 11.5. The summed E-state index contributed by atoms with van der Waals surface area (Å²) in [7, 11) is 1.75. The first-order valence-electron chi connectivity index (χ1n) is 3.14. The van der Waals surface area contributed by atoms with Gasteiger partial charge in [0.1, 0.15) is 7.85 Å². The topological polar surface area (TPSA) is 0 Å². The number of hydrogen-bond donors (Lipinski definition) is 0. The third kappa shape index (κ3) is 2.00. The summed E-state index contributed by atoms with van der Waals surface area (Å²) in [4.78, 5) is 0. The third-order valence-electron chi connectivity index (χ3n) is 1.38. The van der Waals surface area contributed by atoms with Crippen LogP contribution >= 0.6 is 0 Å². The van der Waals surface area contributed by atoms with Crippen LogP contribution in [-0.2, 0) is 6.18 Å². The van der Waals surface area contributed by atoms with Gasteiger partial charge in [0.25, 0.3) is 0 Å². The van der Waals surface area contributed by atoms with E-state index in [1.54, 1.807) is 7.85 Å². The Balaban J connectivity index is 2.99. The average molecular weight is 158 g/mol. The van der Waals surface area contributed by atoms with Crippen molar-refractivity contribution in [3.63, 3.8) is 0 Å². The van der Waals surface area contributed by atoms with Crippen LogP contribution in [0, 0.1) is 0 Å². The van der Waals surface area contributed by atoms with Gasteiger partial charge in [-0.3, -0.25) is 0 Å². The molecule has 0 bridgehead atoms. The van der Waals surface area contributed by atoms with Crippen molar-refractivity contribution in [2.75, 3.05) is 0 Å². The molecule has 0 unspecified atom stereocenters. The molecule has 0 aliphatic heterocycles. The van der Waals surface area contributed by atoms with Gasteiger partial charge in [-0.05, 0) is 0 Å². The highest BCUT2D eigenvalue weighted by Gasteiger charge is 2.29. The number of rotatable bonds is 0. The molecule has 58 valence electrons. The second-order valence-electron chi connectivity index (χ2n) is 2.36. The predicted molar refractivity (Wildman–Crippen MR) is 39.6 cm³/mol. The fraction of sp³-hybridized carbons (Fsp3) is 0.143. The Morgan fingerprint density at radius 1 is 1.00 bits per heavy atom. The van der Waals surface area contributed by atoms with E-state index in [9.17, 15) is 13.2 Å². The fourth-order valence-corrected chi connectivity index (χ4v) is 0.743. The molecule has 0 saturated heterocycles. The molecule has 0 radical (unpaired) electrons. The zero-order valence-electron chi connectivity index (χ0n) is 5.94. The molecule has 0 nitrogen and oxygen atoms in total. The minimum absolute atomic E-state index is 0.594. The molecule has 0 aromatic heterocycles. The fourth-order valence-electron chi connectivity index (χ4n) is 0.743. The molecule has 0 saturated carbocycles. The predicted octanol–water partition coefficient (Wildman–Crippen LogP) is 0.964. The van der Waals surface area contributed by atoms with Crippen LogP contribution in [0.2, 0.25) is 0 Å². The Morgan fingerprint density at radius 2 is 1.45 bits per heavy atom. The van der Waals surface area contributed by atoms with Gasteiger partial charge in [0.05, 0.1) is 5.56 Å². The summed E-state index contributed by atoms with van der Waals surface area (Å²) < 4.78 is 35.8. The summed E-state index contributed by atoms with van der Waals surface area (Å²) >= 11 is 0. The maximum absolute atomic E-state index is 11.9. The van der Waals surface area contributed by atoms with E-state index in [2.05, 4.69) is 0 Å². The van der Waals surface area contributed by atoms with Crippen molar-refractivity contribution in [1.29, 1.82) is 0 Å². The van der Waals surface area contributed by atoms with E-state index in [1.165, 1.54) is 12.1 Å². The first-order valence-corrected chi connectivity index (χ1v) is 3.14. The maximum Gasteiger partial charge on any atom is 0.416 e. The Hall–Kier alpha value is -0.925. The van der Waals surface area contributed by atoms with Crippen molar-refractivity contribution >= 4 is 13.3 Å². The van der Waals surface area contributed by atoms with Gasteiger partial charge in [0.2, 0.25) is 0 Å². The van der Waals surface area contributed by atoms with E-state index in [4.69, 9.17) is 0 Å². The Morgan fingerprint density at radius 3 is 1.82 bits per heavy atom. The minimum Gasteiger partial charge on any atom is -0.166 e. The van der Waals surface area contributed by atoms with Crippen molar-refractivity contribution in [1.82, 2.24) is 0 Å². The maximum atomic E-state index is 11.9. The molecule has 0 amide bonds. The van der Waals surface area contributed by atoms with Gasteiger partial charge in [-0.25, -0.2) is 0 Å². The van der Waals surface area contributed by atoms with Crippen LogP contribution < -0.4 is 5.46 Å². The van der Waals surface area contributed by atoms with Gasteiger partial charge in [0.15, 0.2) is 0 Å². The lowest BCUT2D eigenvalue weighted by molar-refractivity contribution is -0.137. The smallest absolute Gasteiger partial charge is 0.166 e. The third-order valence-corrected chi connectivity index (χ3v) is 1.38. The molecule has 11 heavy (non-hydrogen) atoms. The highest BCUT2D eigenvalue weighted by atomic mass is 19.4. The van der Waals surface area contributed by atoms with Gasteiger partial charge >= 0.3 is 6.18 Å². The summed E-state index contributed by atoms with van der Waals surface area (Å²) in [5.41, 5.74) is 0.237. The van der Waals surface area contributed by atoms with E-state index in [-0.39, 0.29) is 0 Å². The number of hydrogen-bond acceptors (Lipinski definition) is 0. The Kier molecular flexibility index (Phi) is 1.93. The summed E-state index contributed by atoms with van der Waals surface area (Å²) in [6.45, 7) is 0. The first kappa shape index (κ1) is 8.17. The zero-order chi connectivity index (χ0) is 8.48. The highest BCUT2D eigenvalue weighted by Crippen LogP contribution is 2.27. The van der Waals surface area contributed by atoms with Gasteiger partial charge in [-0.1, -0.05) is 29.7 Å². The van der Waals surface area contributed by atoms with Crippen LogP contribution in [-0.4, -0.2) is 7.85 Å². The molecule has 0 aliphatic rings. The lowest BCUT2D eigenvalue weighted by Crippen LogP contribution is -2.08. The van der Waals surface area contributed by atoms with Gasteiger partial charge in [-0.15, -0.1) is 0 Å². The van der Waals surface area contributed by atoms with Gasteiger partial charge in [0, 0.05) is 0 Å². The molecule has 4 heteroatoms. The van der Waals surface area contributed by atoms with Crippen LogP contribution in [0.25, 0.3) is 0 Å². The standard InChI is InChI=1S/C7H6BF3/c8-6-3-1-5(2-4-6)7(9,10)11/h1-4H,8H2. The van der Waals surface area contributed by atoms with Crippen molar-refractivity contribution in [2.45, 2.75) is 6.18 Å². The number of benzene rings is 1. The summed E-state index contributed by atoms with van der Waals surface area (Å²) in [6, 6.07) is 5.05. The molecule has 1 rings (SSSR count). The molecule has 0 fully saturated rings. The summed E-state index contributed by atoms with van der Waals surface area (Å²) in [5.74, 6) is 0.